The van der Waals surface area contributed by atoms with Crippen LogP contribution in [0, 0.1) is 6.92 Å². The highest BCUT2D eigenvalue weighted by atomic mass is 35.5. The quantitative estimate of drug-likeness (QED) is 0.930. The number of carbonyl (C=O) groups is 1. The minimum Gasteiger partial charge on any atom is -0.395 e. The molecule has 1 aromatic carbocycles. The second-order valence-electron chi connectivity index (χ2n) is 5.10. The topological polar surface area (TPSA) is 58.4 Å². The summed E-state index contributed by atoms with van der Waals surface area (Å²) in [5.41, 5.74) is 2.87. The molecule has 1 aliphatic heterocycles. The van der Waals surface area contributed by atoms with E-state index in [0.29, 0.717) is 17.5 Å². The zero-order valence-corrected chi connectivity index (χ0v) is 13.6. The molecule has 0 radical (unpaired) electrons. The third-order valence-electron chi connectivity index (χ3n) is 3.58. The zero-order chi connectivity index (χ0) is 15.7. The second-order valence-corrected chi connectivity index (χ2v) is 6.53. The lowest BCUT2D eigenvalue weighted by Gasteiger charge is -2.24. The highest BCUT2D eigenvalue weighted by molar-refractivity contribution is 8.00. The van der Waals surface area contributed by atoms with E-state index in [1.165, 1.54) is 11.8 Å². The van der Waals surface area contributed by atoms with Gasteiger partial charge in [0.25, 0.3) is 0 Å². The summed E-state index contributed by atoms with van der Waals surface area (Å²) in [4.78, 5) is 17.9. The zero-order valence-electron chi connectivity index (χ0n) is 12.1. The Hall–Kier alpha value is -1.50. The fourth-order valence-corrected chi connectivity index (χ4v) is 4.13. The Bertz CT molecular complexity index is 704. The average molecular weight is 338 g/mol. The van der Waals surface area contributed by atoms with Crippen molar-refractivity contribution in [3.05, 3.63) is 47.0 Å². The van der Waals surface area contributed by atoms with E-state index in [4.69, 9.17) is 11.6 Å². The number of aryl methyl sites for hydroxylation is 1. The molecule has 1 fully saturated rings. The van der Waals surface area contributed by atoms with Gasteiger partial charge >= 0.3 is 0 Å². The molecule has 1 atom stereocenters. The predicted molar refractivity (Wildman–Crippen MR) is 87.3 cm³/mol. The Morgan fingerprint density at radius 1 is 1.50 bits per heavy atom. The highest BCUT2D eigenvalue weighted by Crippen LogP contribution is 2.41. The molecule has 116 valence electrons. The van der Waals surface area contributed by atoms with Crippen molar-refractivity contribution >= 4 is 29.3 Å². The normalized spacial score (nSPS) is 18.2. The van der Waals surface area contributed by atoms with Crippen molar-refractivity contribution in [3.8, 4) is 5.69 Å². The Kier molecular flexibility index (Phi) is 4.42. The molecule has 2 aromatic rings. The molecule has 5 nitrogen and oxygen atoms in total. The number of imidazole rings is 1. The average Bonchev–Trinajstić information content (AvgIpc) is 3.03. The van der Waals surface area contributed by atoms with Gasteiger partial charge in [0.15, 0.2) is 5.15 Å². The van der Waals surface area contributed by atoms with Crippen molar-refractivity contribution in [2.45, 2.75) is 12.3 Å². The van der Waals surface area contributed by atoms with Gasteiger partial charge in [0.05, 0.1) is 18.1 Å². The number of amides is 1. The molecular weight excluding hydrogens is 322 g/mol. The van der Waals surface area contributed by atoms with Gasteiger partial charge < -0.3 is 10.0 Å². The van der Waals surface area contributed by atoms with E-state index in [9.17, 15) is 9.90 Å². The van der Waals surface area contributed by atoms with Gasteiger partial charge in [0.1, 0.15) is 11.7 Å². The highest BCUT2D eigenvalue weighted by Gasteiger charge is 2.36. The number of aromatic nitrogens is 2. The molecule has 1 saturated heterocycles. The molecule has 1 amide bonds. The molecule has 1 aromatic heterocycles. The van der Waals surface area contributed by atoms with Gasteiger partial charge in [-0.3, -0.25) is 9.36 Å². The molecule has 0 saturated carbocycles. The third-order valence-corrected chi connectivity index (χ3v) is 5.08. The number of rotatable bonds is 4. The maximum atomic E-state index is 12.0. The standard InChI is InChI=1S/C15H16ClN3O2S/c1-10-3-2-4-11(7-10)19-9-17-14(16)13(19)15-18(5-6-20)12(21)8-22-15/h2-4,7,9,15,20H,5-6,8H2,1H3/t15-/m1/s1. The maximum Gasteiger partial charge on any atom is 0.233 e. The first-order valence-electron chi connectivity index (χ1n) is 6.93. The van der Waals surface area contributed by atoms with Crippen LogP contribution in [0.15, 0.2) is 30.6 Å². The lowest BCUT2D eigenvalue weighted by molar-refractivity contribution is -0.128. The molecule has 3 rings (SSSR count). The molecule has 0 aliphatic carbocycles. The number of hydrogen-bond acceptors (Lipinski definition) is 4. The van der Waals surface area contributed by atoms with Gasteiger partial charge in [-0.25, -0.2) is 4.98 Å². The van der Waals surface area contributed by atoms with Crippen molar-refractivity contribution in [2.24, 2.45) is 0 Å². The Morgan fingerprint density at radius 3 is 3.05 bits per heavy atom. The fourth-order valence-electron chi connectivity index (χ4n) is 2.57. The van der Waals surface area contributed by atoms with Crippen LogP contribution in [0.1, 0.15) is 16.6 Å². The Labute approximate surface area is 137 Å². The van der Waals surface area contributed by atoms with Crippen molar-refractivity contribution in [1.82, 2.24) is 14.5 Å². The summed E-state index contributed by atoms with van der Waals surface area (Å²) >= 11 is 7.79. The van der Waals surface area contributed by atoms with Crippen LogP contribution in [-0.4, -0.2) is 44.4 Å². The largest absolute Gasteiger partial charge is 0.395 e. The van der Waals surface area contributed by atoms with Gasteiger partial charge in [0.2, 0.25) is 5.91 Å². The molecule has 2 heterocycles. The van der Waals surface area contributed by atoms with Crippen molar-refractivity contribution < 1.29 is 9.90 Å². The van der Waals surface area contributed by atoms with E-state index >= 15 is 0 Å². The van der Waals surface area contributed by atoms with Crippen LogP contribution in [0.25, 0.3) is 5.69 Å². The van der Waals surface area contributed by atoms with Crippen LogP contribution in [0.4, 0.5) is 0 Å². The van der Waals surface area contributed by atoms with E-state index in [1.807, 2.05) is 35.8 Å². The number of benzene rings is 1. The third kappa shape index (κ3) is 2.74. The van der Waals surface area contributed by atoms with E-state index < -0.39 is 0 Å². The number of β-amino-alcohol motifs (C(OH)–C–C–N with tert-alkyl or cyclic N) is 1. The van der Waals surface area contributed by atoms with E-state index in [-0.39, 0.29) is 17.9 Å². The Balaban J connectivity index is 2.04. The summed E-state index contributed by atoms with van der Waals surface area (Å²) in [7, 11) is 0. The minimum atomic E-state index is -0.227. The predicted octanol–water partition coefficient (Wildman–Crippen LogP) is 2.40. The first-order chi connectivity index (χ1) is 10.6. The van der Waals surface area contributed by atoms with Crippen molar-refractivity contribution in [1.29, 1.82) is 0 Å². The van der Waals surface area contributed by atoms with Crippen LogP contribution in [-0.2, 0) is 4.79 Å². The van der Waals surface area contributed by atoms with Gasteiger partial charge in [-0.05, 0) is 24.6 Å². The van der Waals surface area contributed by atoms with Crippen molar-refractivity contribution in [2.75, 3.05) is 18.9 Å². The number of aliphatic hydroxyl groups excluding tert-OH is 1. The van der Waals surface area contributed by atoms with E-state index in [1.54, 1.807) is 11.2 Å². The SMILES string of the molecule is Cc1cccc(-n2cnc(Cl)c2[C@H]2SCC(=O)N2CCO)c1. The molecule has 1 N–H and O–H groups in total. The molecule has 0 spiro atoms. The lowest BCUT2D eigenvalue weighted by atomic mass is 10.2. The van der Waals surface area contributed by atoms with Gasteiger partial charge in [-0.15, -0.1) is 11.8 Å². The smallest absolute Gasteiger partial charge is 0.233 e. The van der Waals surface area contributed by atoms with Gasteiger partial charge in [-0.2, -0.15) is 0 Å². The second kappa shape index (κ2) is 6.32. The number of halogens is 1. The monoisotopic (exact) mass is 337 g/mol. The summed E-state index contributed by atoms with van der Waals surface area (Å²) in [5, 5.41) is 9.35. The summed E-state index contributed by atoms with van der Waals surface area (Å²) in [5.74, 6) is 0.400. The lowest BCUT2D eigenvalue weighted by Crippen LogP contribution is -2.31. The number of thioether (sulfide) groups is 1. The minimum absolute atomic E-state index is 0.0112. The van der Waals surface area contributed by atoms with Gasteiger partial charge in [-0.1, -0.05) is 23.7 Å². The number of nitrogens with zero attached hydrogens (tertiary/aromatic N) is 3. The van der Waals surface area contributed by atoms with Crippen LogP contribution in [0.3, 0.4) is 0 Å². The maximum absolute atomic E-state index is 12.0. The number of aliphatic hydroxyl groups is 1. The first-order valence-corrected chi connectivity index (χ1v) is 8.36. The Morgan fingerprint density at radius 2 is 2.32 bits per heavy atom. The summed E-state index contributed by atoms with van der Waals surface area (Å²) in [6.45, 7) is 2.25. The summed E-state index contributed by atoms with van der Waals surface area (Å²) in [6, 6.07) is 8.01. The fraction of sp³-hybridized carbons (Fsp3) is 0.333. The summed E-state index contributed by atoms with van der Waals surface area (Å²) in [6.07, 6.45) is 1.67. The molecule has 0 unspecified atom stereocenters. The van der Waals surface area contributed by atoms with Crippen LogP contribution in [0.5, 0.6) is 0 Å². The van der Waals surface area contributed by atoms with Crippen LogP contribution < -0.4 is 0 Å². The summed E-state index contributed by atoms with van der Waals surface area (Å²) < 4.78 is 1.91. The first kappa shape index (κ1) is 15.4. The van der Waals surface area contributed by atoms with Gasteiger partial charge in [0, 0.05) is 12.2 Å². The van der Waals surface area contributed by atoms with Crippen LogP contribution in [0.2, 0.25) is 5.15 Å². The van der Waals surface area contributed by atoms with Crippen LogP contribution >= 0.6 is 23.4 Å². The number of hydrogen-bond donors (Lipinski definition) is 1. The molecule has 1 aliphatic rings. The van der Waals surface area contributed by atoms with Crippen molar-refractivity contribution in [3.63, 3.8) is 0 Å². The molecule has 7 heteroatoms. The molecule has 0 bridgehead atoms. The van der Waals surface area contributed by atoms with E-state index in [0.717, 1.165) is 16.9 Å². The molecular formula is C15H16ClN3O2S. The molecule has 22 heavy (non-hydrogen) atoms. The number of carbonyl (C=O) groups excluding carboxylic acids is 1. The van der Waals surface area contributed by atoms with E-state index in [2.05, 4.69) is 4.98 Å².